The van der Waals surface area contributed by atoms with E-state index in [0.717, 1.165) is 41.8 Å². The number of aromatic nitrogens is 2. The lowest BCUT2D eigenvalue weighted by Gasteiger charge is -2.23. The van der Waals surface area contributed by atoms with Crippen molar-refractivity contribution in [2.45, 2.75) is 45.3 Å². The molecule has 136 valence electrons. The highest BCUT2D eigenvalue weighted by molar-refractivity contribution is 9.10. The highest BCUT2D eigenvalue weighted by atomic mass is 79.9. The fourth-order valence-corrected chi connectivity index (χ4v) is 4.26. The molecule has 0 saturated heterocycles. The van der Waals surface area contributed by atoms with E-state index >= 15 is 0 Å². The van der Waals surface area contributed by atoms with Gasteiger partial charge >= 0.3 is 6.09 Å². The highest BCUT2D eigenvalue weighted by Gasteiger charge is 2.25. The maximum atomic E-state index is 12.4. The quantitative estimate of drug-likeness (QED) is 0.698. The van der Waals surface area contributed by atoms with Crippen LogP contribution in [0.1, 0.15) is 42.6 Å². The van der Waals surface area contributed by atoms with Crippen molar-refractivity contribution in [1.29, 1.82) is 5.26 Å². The number of rotatable bonds is 4. The Morgan fingerprint density at radius 1 is 1.46 bits per heavy atom. The first-order chi connectivity index (χ1) is 12.5. The number of hydrogen-bond acceptors (Lipinski definition) is 6. The number of amides is 1. The molecule has 0 spiro atoms. The Labute approximate surface area is 165 Å². The number of pyridine rings is 1. The molecule has 0 N–H and O–H groups in total. The van der Waals surface area contributed by atoms with Crippen molar-refractivity contribution >= 4 is 33.6 Å². The fourth-order valence-electron chi connectivity index (χ4n) is 3.08. The van der Waals surface area contributed by atoms with E-state index in [1.165, 1.54) is 11.5 Å². The summed E-state index contributed by atoms with van der Waals surface area (Å²) in [5.41, 5.74) is 2.62. The topological polar surface area (TPSA) is 79.1 Å². The minimum atomic E-state index is -0.310. The van der Waals surface area contributed by atoms with E-state index in [1.807, 2.05) is 13.0 Å². The minimum absolute atomic E-state index is 0.146. The number of ether oxygens (including phenoxy) is 1. The molecule has 2 aromatic heterocycles. The number of halogens is 1. The van der Waals surface area contributed by atoms with E-state index < -0.39 is 0 Å². The molecule has 26 heavy (non-hydrogen) atoms. The predicted octanol–water partition coefficient (Wildman–Crippen LogP) is 4.66. The van der Waals surface area contributed by atoms with E-state index in [4.69, 9.17) is 4.74 Å². The summed E-state index contributed by atoms with van der Waals surface area (Å²) in [6.45, 7) is 2.03. The molecule has 0 radical (unpaired) electrons. The molecule has 1 amide bonds. The summed E-state index contributed by atoms with van der Waals surface area (Å²) >= 11 is 4.61. The third kappa shape index (κ3) is 3.89. The molecule has 2 aromatic rings. The van der Waals surface area contributed by atoms with Crippen molar-refractivity contribution in [3.8, 4) is 16.6 Å². The summed E-state index contributed by atoms with van der Waals surface area (Å²) in [7, 11) is 1.80. The van der Waals surface area contributed by atoms with Gasteiger partial charge in [0.1, 0.15) is 12.7 Å². The first-order valence-electron chi connectivity index (χ1n) is 8.43. The van der Waals surface area contributed by atoms with E-state index in [9.17, 15) is 10.1 Å². The van der Waals surface area contributed by atoms with E-state index in [0.29, 0.717) is 15.9 Å². The predicted molar refractivity (Wildman–Crippen MR) is 103 cm³/mol. The third-order valence-corrected chi connectivity index (χ3v) is 6.31. The van der Waals surface area contributed by atoms with Gasteiger partial charge in [-0.25, -0.2) is 9.78 Å². The number of nitriles is 1. The van der Waals surface area contributed by atoms with Crippen LogP contribution < -0.4 is 0 Å². The van der Waals surface area contributed by atoms with Crippen molar-refractivity contribution in [3.05, 3.63) is 33.6 Å². The van der Waals surface area contributed by atoms with Crippen LogP contribution in [0.15, 0.2) is 16.6 Å². The van der Waals surface area contributed by atoms with Crippen LogP contribution in [-0.2, 0) is 11.3 Å². The SMILES string of the molecule is Cc1nsc(-c2ccc(Br)c(C#N)n2)c1COC(=O)N(C)C1CCCC1. The Hall–Kier alpha value is -1.98. The van der Waals surface area contributed by atoms with Crippen molar-refractivity contribution in [2.24, 2.45) is 0 Å². The Bertz CT molecular complexity index is 855. The zero-order valence-corrected chi connectivity index (χ0v) is 17.1. The Kier molecular flexibility index (Phi) is 5.89. The Balaban J connectivity index is 1.76. The second-order valence-corrected chi connectivity index (χ2v) is 7.95. The molecule has 0 atom stereocenters. The average Bonchev–Trinajstić information content (AvgIpc) is 3.29. The van der Waals surface area contributed by atoms with Gasteiger partial charge in [-0.1, -0.05) is 12.8 Å². The van der Waals surface area contributed by atoms with Crippen LogP contribution in [0.4, 0.5) is 4.79 Å². The van der Waals surface area contributed by atoms with Crippen LogP contribution in [0.5, 0.6) is 0 Å². The number of carbonyl (C=O) groups is 1. The average molecular weight is 435 g/mol. The minimum Gasteiger partial charge on any atom is -0.444 e. The van der Waals surface area contributed by atoms with Gasteiger partial charge in [0.25, 0.3) is 0 Å². The van der Waals surface area contributed by atoms with Crippen molar-refractivity contribution in [3.63, 3.8) is 0 Å². The molecule has 0 aliphatic heterocycles. The van der Waals surface area contributed by atoms with Gasteiger partial charge in [-0.05, 0) is 59.4 Å². The second kappa shape index (κ2) is 8.14. The van der Waals surface area contributed by atoms with Crippen LogP contribution in [0.25, 0.3) is 10.6 Å². The summed E-state index contributed by atoms with van der Waals surface area (Å²) in [5.74, 6) is 0. The standard InChI is InChI=1S/C18H19BrN4O2S/c1-11-13(10-25-18(24)23(2)12-5-3-4-6-12)17(26-22-11)15-8-7-14(19)16(9-20)21-15/h7-8,12H,3-6,10H2,1-2H3. The largest absolute Gasteiger partial charge is 0.444 e. The van der Waals surface area contributed by atoms with Gasteiger partial charge in [-0.15, -0.1) is 0 Å². The van der Waals surface area contributed by atoms with Crippen LogP contribution >= 0.6 is 27.5 Å². The summed E-state index contributed by atoms with van der Waals surface area (Å²) in [6, 6.07) is 5.95. The zero-order valence-electron chi connectivity index (χ0n) is 14.7. The molecule has 1 fully saturated rings. The molecule has 1 saturated carbocycles. The second-order valence-electron chi connectivity index (χ2n) is 6.32. The van der Waals surface area contributed by atoms with Crippen LogP contribution in [-0.4, -0.2) is 33.4 Å². The van der Waals surface area contributed by atoms with Gasteiger partial charge in [-0.3, -0.25) is 0 Å². The lowest BCUT2D eigenvalue weighted by Crippen LogP contribution is -2.35. The zero-order chi connectivity index (χ0) is 18.7. The molecular weight excluding hydrogens is 416 g/mol. The monoisotopic (exact) mass is 434 g/mol. The maximum Gasteiger partial charge on any atom is 0.410 e. The fraction of sp³-hybridized carbons (Fsp3) is 0.444. The maximum absolute atomic E-state index is 12.4. The van der Waals surface area contributed by atoms with Gasteiger partial charge in [0.2, 0.25) is 0 Å². The van der Waals surface area contributed by atoms with E-state index in [2.05, 4.69) is 31.4 Å². The van der Waals surface area contributed by atoms with Crippen molar-refractivity contribution in [1.82, 2.24) is 14.3 Å². The molecule has 3 rings (SSSR count). The molecule has 6 nitrogen and oxygen atoms in total. The van der Waals surface area contributed by atoms with Gasteiger partial charge in [0, 0.05) is 18.7 Å². The van der Waals surface area contributed by atoms with Crippen molar-refractivity contribution < 1.29 is 9.53 Å². The van der Waals surface area contributed by atoms with Gasteiger partial charge in [0.15, 0.2) is 5.69 Å². The summed E-state index contributed by atoms with van der Waals surface area (Å²) in [6.07, 6.45) is 4.09. The Morgan fingerprint density at radius 2 is 2.19 bits per heavy atom. The molecular formula is C18H19BrN4O2S. The van der Waals surface area contributed by atoms with E-state index in [-0.39, 0.29) is 18.7 Å². The number of carbonyl (C=O) groups excluding carboxylic acids is 1. The molecule has 2 heterocycles. The molecule has 0 bridgehead atoms. The first-order valence-corrected chi connectivity index (χ1v) is 9.99. The number of aryl methyl sites for hydroxylation is 1. The molecule has 0 unspecified atom stereocenters. The smallest absolute Gasteiger partial charge is 0.410 e. The molecule has 1 aliphatic carbocycles. The molecule has 1 aliphatic rings. The van der Waals surface area contributed by atoms with Crippen molar-refractivity contribution in [2.75, 3.05) is 7.05 Å². The summed E-state index contributed by atoms with van der Waals surface area (Å²) in [5, 5.41) is 9.18. The third-order valence-electron chi connectivity index (χ3n) is 4.67. The van der Waals surface area contributed by atoms with Crippen LogP contribution in [0.2, 0.25) is 0 Å². The summed E-state index contributed by atoms with van der Waals surface area (Å²) in [4.78, 5) is 19.2. The van der Waals surface area contributed by atoms with Gasteiger partial charge in [0.05, 0.1) is 20.7 Å². The molecule has 0 aromatic carbocycles. The van der Waals surface area contributed by atoms with Crippen LogP contribution in [0, 0.1) is 18.3 Å². The first kappa shape index (κ1) is 18.8. The van der Waals surface area contributed by atoms with Gasteiger partial charge < -0.3 is 9.64 Å². The lowest BCUT2D eigenvalue weighted by molar-refractivity contribution is 0.0918. The number of hydrogen-bond donors (Lipinski definition) is 0. The Morgan fingerprint density at radius 3 is 2.88 bits per heavy atom. The lowest BCUT2D eigenvalue weighted by atomic mass is 10.1. The normalized spacial score (nSPS) is 14.2. The van der Waals surface area contributed by atoms with Gasteiger partial charge in [-0.2, -0.15) is 9.64 Å². The highest BCUT2D eigenvalue weighted by Crippen LogP contribution is 2.31. The summed E-state index contributed by atoms with van der Waals surface area (Å²) < 4.78 is 10.6. The van der Waals surface area contributed by atoms with E-state index in [1.54, 1.807) is 18.0 Å². The van der Waals surface area contributed by atoms with Crippen LogP contribution in [0.3, 0.4) is 0 Å². The number of nitrogens with zero attached hydrogens (tertiary/aromatic N) is 4. The molecule has 8 heteroatoms.